The zero-order chi connectivity index (χ0) is 12.3. The van der Waals surface area contributed by atoms with Crippen molar-refractivity contribution in [3.63, 3.8) is 0 Å². The minimum absolute atomic E-state index is 0.589. The van der Waals surface area contributed by atoms with Gasteiger partial charge in [-0.15, -0.1) is 0 Å². The van der Waals surface area contributed by atoms with Gasteiger partial charge in [-0.2, -0.15) is 0 Å². The van der Waals surface area contributed by atoms with E-state index in [9.17, 15) is 4.79 Å². The van der Waals surface area contributed by atoms with Crippen LogP contribution in [-0.4, -0.2) is 29.3 Å². The van der Waals surface area contributed by atoms with Crippen LogP contribution in [0.25, 0.3) is 0 Å². The van der Waals surface area contributed by atoms with E-state index in [4.69, 9.17) is 9.84 Å². The Bertz CT molecular complexity index is 388. The first-order valence-electron chi connectivity index (χ1n) is 5.08. The molecule has 1 unspecified atom stereocenters. The lowest BCUT2D eigenvalue weighted by Gasteiger charge is -2.30. The van der Waals surface area contributed by atoms with Gasteiger partial charge in [-0.1, -0.05) is 13.8 Å². The molecule has 4 nitrogen and oxygen atoms in total. The third kappa shape index (κ3) is 2.39. The molecular formula is C12H17NO3. The third-order valence-electron chi connectivity index (χ3n) is 2.76. The van der Waals surface area contributed by atoms with Gasteiger partial charge in [0, 0.05) is 24.4 Å². The van der Waals surface area contributed by atoms with E-state index in [2.05, 4.69) is 4.98 Å². The van der Waals surface area contributed by atoms with Crippen LogP contribution in [0, 0.1) is 6.92 Å². The number of methoxy groups -OCH3 is 1. The van der Waals surface area contributed by atoms with Gasteiger partial charge in [0.2, 0.25) is 0 Å². The first kappa shape index (κ1) is 12.6. The molecule has 0 bridgehead atoms. The summed E-state index contributed by atoms with van der Waals surface area (Å²) in [7, 11) is 1.41. The van der Waals surface area contributed by atoms with Gasteiger partial charge >= 0.3 is 5.97 Å². The summed E-state index contributed by atoms with van der Waals surface area (Å²) in [6, 6.07) is 3.71. The molecule has 1 heterocycles. The van der Waals surface area contributed by atoms with Crippen molar-refractivity contribution in [3.05, 3.63) is 29.6 Å². The number of carboxylic acids is 1. The average Bonchev–Trinajstić information content (AvgIpc) is 2.17. The lowest BCUT2D eigenvalue weighted by molar-refractivity contribution is -0.152. The Labute approximate surface area is 95.3 Å². The van der Waals surface area contributed by atoms with Crippen LogP contribution in [0.4, 0.5) is 0 Å². The summed E-state index contributed by atoms with van der Waals surface area (Å²) in [4.78, 5) is 15.2. The van der Waals surface area contributed by atoms with Crippen molar-refractivity contribution in [1.29, 1.82) is 0 Å². The van der Waals surface area contributed by atoms with Crippen LogP contribution in [0.15, 0.2) is 18.3 Å². The van der Waals surface area contributed by atoms with Crippen molar-refractivity contribution >= 4 is 5.97 Å². The quantitative estimate of drug-likeness (QED) is 0.845. The summed E-state index contributed by atoms with van der Waals surface area (Å²) in [5, 5.41) is 9.10. The number of hydrogen-bond acceptors (Lipinski definition) is 3. The van der Waals surface area contributed by atoms with Crippen molar-refractivity contribution in [2.24, 2.45) is 0 Å². The van der Waals surface area contributed by atoms with Crippen LogP contribution >= 0.6 is 0 Å². The van der Waals surface area contributed by atoms with E-state index < -0.39 is 17.5 Å². The van der Waals surface area contributed by atoms with Gasteiger partial charge in [-0.25, -0.2) is 4.79 Å². The second kappa shape index (κ2) is 4.61. The van der Waals surface area contributed by atoms with E-state index in [0.29, 0.717) is 0 Å². The largest absolute Gasteiger partial charge is 0.479 e. The SMILES string of the molecule is COC(C(=O)O)C(C)(C)c1ccnc(C)c1. The summed E-state index contributed by atoms with van der Waals surface area (Å²) >= 11 is 0. The molecule has 1 aromatic heterocycles. The zero-order valence-electron chi connectivity index (χ0n) is 10.0. The number of nitrogens with zero attached hydrogens (tertiary/aromatic N) is 1. The van der Waals surface area contributed by atoms with Gasteiger partial charge in [0.05, 0.1) is 0 Å². The molecule has 0 aliphatic heterocycles. The van der Waals surface area contributed by atoms with Crippen molar-refractivity contribution in [2.75, 3.05) is 7.11 Å². The molecule has 0 radical (unpaired) electrons. The van der Waals surface area contributed by atoms with Crippen molar-refractivity contribution < 1.29 is 14.6 Å². The van der Waals surface area contributed by atoms with Crippen LogP contribution in [0.2, 0.25) is 0 Å². The van der Waals surface area contributed by atoms with Crippen molar-refractivity contribution in [2.45, 2.75) is 32.3 Å². The van der Waals surface area contributed by atoms with Crippen LogP contribution in [0.3, 0.4) is 0 Å². The molecule has 1 atom stereocenters. The van der Waals surface area contributed by atoms with E-state index in [1.54, 1.807) is 6.20 Å². The Kier molecular flexibility index (Phi) is 3.65. The molecule has 16 heavy (non-hydrogen) atoms. The maximum absolute atomic E-state index is 11.1. The topological polar surface area (TPSA) is 59.4 Å². The Balaban J connectivity index is 3.13. The van der Waals surface area contributed by atoms with Crippen LogP contribution in [-0.2, 0) is 14.9 Å². The lowest BCUT2D eigenvalue weighted by atomic mass is 9.79. The molecular weight excluding hydrogens is 206 g/mol. The second-order valence-electron chi connectivity index (χ2n) is 4.36. The molecule has 0 spiro atoms. The molecule has 1 N–H and O–H groups in total. The molecule has 0 fully saturated rings. The molecule has 4 heteroatoms. The molecule has 1 rings (SSSR count). The number of aromatic nitrogens is 1. The number of aryl methyl sites for hydroxylation is 1. The highest BCUT2D eigenvalue weighted by Crippen LogP contribution is 2.29. The van der Waals surface area contributed by atoms with E-state index in [1.165, 1.54) is 7.11 Å². The highest BCUT2D eigenvalue weighted by atomic mass is 16.5. The fourth-order valence-electron chi connectivity index (χ4n) is 1.80. The molecule has 0 saturated heterocycles. The summed E-state index contributed by atoms with van der Waals surface area (Å²) in [6.07, 6.45) is 0.815. The third-order valence-corrected chi connectivity index (χ3v) is 2.76. The number of carbonyl (C=O) groups is 1. The van der Waals surface area contributed by atoms with Crippen molar-refractivity contribution in [3.8, 4) is 0 Å². The van der Waals surface area contributed by atoms with Gasteiger partial charge in [0.1, 0.15) is 0 Å². The number of rotatable bonds is 4. The summed E-state index contributed by atoms with van der Waals surface area (Å²) in [6.45, 7) is 5.58. The van der Waals surface area contributed by atoms with Gasteiger partial charge in [0.15, 0.2) is 6.10 Å². The smallest absolute Gasteiger partial charge is 0.333 e. The summed E-state index contributed by atoms with van der Waals surface area (Å²) in [5.41, 5.74) is 1.19. The first-order chi connectivity index (χ1) is 7.39. The molecule has 0 saturated carbocycles. The number of hydrogen-bond donors (Lipinski definition) is 1. The highest BCUT2D eigenvalue weighted by molar-refractivity contribution is 5.74. The Morgan fingerprint density at radius 1 is 1.56 bits per heavy atom. The van der Waals surface area contributed by atoms with E-state index >= 15 is 0 Å². The van der Waals surface area contributed by atoms with Gasteiger partial charge in [-0.05, 0) is 24.6 Å². The first-order valence-corrected chi connectivity index (χ1v) is 5.08. The monoisotopic (exact) mass is 223 g/mol. The lowest BCUT2D eigenvalue weighted by Crippen LogP contribution is -2.41. The predicted octanol–water partition coefficient (Wildman–Crippen LogP) is 1.77. The van der Waals surface area contributed by atoms with Gasteiger partial charge < -0.3 is 9.84 Å². The number of aliphatic carboxylic acids is 1. The molecule has 1 aromatic rings. The van der Waals surface area contributed by atoms with E-state index in [1.807, 2.05) is 32.9 Å². The Morgan fingerprint density at radius 2 is 2.19 bits per heavy atom. The fourth-order valence-corrected chi connectivity index (χ4v) is 1.80. The van der Waals surface area contributed by atoms with E-state index in [0.717, 1.165) is 11.3 Å². The minimum Gasteiger partial charge on any atom is -0.479 e. The van der Waals surface area contributed by atoms with Gasteiger partial charge in [-0.3, -0.25) is 4.98 Å². The molecule has 0 aliphatic rings. The fraction of sp³-hybridized carbons (Fsp3) is 0.500. The van der Waals surface area contributed by atoms with Crippen LogP contribution in [0.5, 0.6) is 0 Å². The average molecular weight is 223 g/mol. The normalized spacial score (nSPS) is 13.5. The predicted molar refractivity (Wildman–Crippen MR) is 60.4 cm³/mol. The molecule has 88 valence electrons. The number of pyridine rings is 1. The van der Waals surface area contributed by atoms with Crippen LogP contribution in [0.1, 0.15) is 25.1 Å². The molecule has 0 aromatic carbocycles. The minimum atomic E-state index is -0.957. The maximum Gasteiger partial charge on any atom is 0.333 e. The van der Waals surface area contributed by atoms with E-state index in [-0.39, 0.29) is 0 Å². The standard InChI is InChI=1S/C12H17NO3/c1-8-7-9(5-6-13-8)12(2,3)10(16-4)11(14)15/h5-7,10H,1-4H3,(H,14,15). The number of carboxylic acid groups (broad SMARTS) is 1. The molecule has 0 amide bonds. The second-order valence-corrected chi connectivity index (χ2v) is 4.36. The zero-order valence-corrected chi connectivity index (χ0v) is 10.0. The Hall–Kier alpha value is -1.42. The molecule has 0 aliphatic carbocycles. The summed E-state index contributed by atoms with van der Waals surface area (Å²) < 4.78 is 5.05. The number of ether oxygens (including phenoxy) is 1. The highest BCUT2D eigenvalue weighted by Gasteiger charge is 2.37. The maximum atomic E-state index is 11.1. The van der Waals surface area contributed by atoms with Crippen LogP contribution < -0.4 is 0 Å². The van der Waals surface area contributed by atoms with Crippen molar-refractivity contribution in [1.82, 2.24) is 4.98 Å². The summed E-state index contributed by atoms with van der Waals surface area (Å²) in [5.74, 6) is -0.957. The van der Waals surface area contributed by atoms with Gasteiger partial charge in [0.25, 0.3) is 0 Å². The Morgan fingerprint density at radius 3 is 2.62 bits per heavy atom.